The summed E-state index contributed by atoms with van der Waals surface area (Å²) in [5.74, 6) is 0.867. The molecule has 0 saturated carbocycles. The van der Waals surface area contributed by atoms with E-state index < -0.39 is 0 Å². The first-order valence-electron chi connectivity index (χ1n) is 8.94. The van der Waals surface area contributed by atoms with Crippen LogP contribution in [0.5, 0.6) is 5.75 Å². The van der Waals surface area contributed by atoms with Gasteiger partial charge in [0.25, 0.3) is 0 Å². The highest BCUT2D eigenvalue weighted by molar-refractivity contribution is 5.76. The maximum atomic E-state index is 12.2. The van der Waals surface area contributed by atoms with E-state index in [1.807, 2.05) is 12.1 Å². The minimum Gasteiger partial charge on any atom is -0.508 e. The Kier molecular flexibility index (Phi) is 5.41. The van der Waals surface area contributed by atoms with Crippen molar-refractivity contribution in [3.8, 4) is 5.75 Å². The highest BCUT2D eigenvalue weighted by atomic mass is 16.5. The number of phenolic OH excluding ortho intramolecular Hbond substituents is 1. The lowest BCUT2D eigenvalue weighted by atomic mass is 10.0. The quantitative estimate of drug-likeness (QED) is 0.865. The summed E-state index contributed by atoms with van der Waals surface area (Å²) in [5, 5.41) is 12.6. The zero-order valence-corrected chi connectivity index (χ0v) is 14.6. The van der Waals surface area contributed by atoms with Gasteiger partial charge in [-0.3, -0.25) is 9.69 Å². The number of carbonyl (C=O) groups is 1. The van der Waals surface area contributed by atoms with Gasteiger partial charge in [-0.1, -0.05) is 26.0 Å². The van der Waals surface area contributed by atoms with Crippen LogP contribution in [0.25, 0.3) is 0 Å². The number of phenols is 1. The van der Waals surface area contributed by atoms with Crippen molar-refractivity contribution in [1.82, 2.24) is 10.2 Å². The highest BCUT2D eigenvalue weighted by Crippen LogP contribution is 2.25. The van der Waals surface area contributed by atoms with Crippen LogP contribution in [0.1, 0.15) is 32.3 Å². The number of benzene rings is 1. The van der Waals surface area contributed by atoms with Crippen LogP contribution in [0.4, 0.5) is 0 Å². The van der Waals surface area contributed by atoms with Gasteiger partial charge >= 0.3 is 0 Å². The summed E-state index contributed by atoms with van der Waals surface area (Å²) in [6, 6.07) is 7.77. The van der Waals surface area contributed by atoms with Gasteiger partial charge in [0.1, 0.15) is 5.75 Å². The number of aromatic hydroxyl groups is 1. The molecule has 3 rings (SSSR count). The molecule has 5 heteroatoms. The maximum Gasteiger partial charge on any atom is 0.220 e. The number of nitrogens with zero attached hydrogens (tertiary/aromatic N) is 1. The standard InChI is InChI=1S/C19H28N2O3/c1-13(2)18-11-21-10-15(9-16(21)12-24-18)20-19(23)7-6-14-4-3-5-17(22)8-14/h3-5,8,13,15-16,18,22H,6-7,9-12H2,1-2H3,(H,20,23)/t15-,16+,18-/m1/s1. The number of fused-ring (bicyclic) bond motifs is 1. The minimum absolute atomic E-state index is 0.0875. The van der Waals surface area contributed by atoms with Crippen molar-refractivity contribution < 1.29 is 14.6 Å². The number of nitrogens with one attached hydrogen (secondary N) is 1. The van der Waals surface area contributed by atoms with E-state index in [2.05, 4.69) is 24.1 Å². The molecule has 0 aromatic heterocycles. The van der Waals surface area contributed by atoms with E-state index in [-0.39, 0.29) is 17.7 Å². The molecule has 2 aliphatic heterocycles. The van der Waals surface area contributed by atoms with Gasteiger partial charge in [0.05, 0.1) is 12.7 Å². The number of hydrogen-bond acceptors (Lipinski definition) is 4. The van der Waals surface area contributed by atoms with E-state index in [4.69, 9.17) is 4.74 Å². The molecule has 2 fully saturated rings. The molecule has 24 heavy (non-hydrogen) atoms. The summed E-state index contributed by atoms with van der Waals surface area (Å²) >= 11 is 0. The average Bonchev–Trinajstić information content (AvgIpc) is 2.94. The number of carbonyl (C=O) groups excluding carboxylic acids is 1. The third-order valence-electron chi connectivity index (χ3n) is 5.11. The number of rotatable bonds is 5. The van der Waals surface area contributed by atoms with Crippen LogP contribution in [-0.2, 0) is 16.0 Å². The lowest BCUT2D eigenvalue weighted by molar-refractivity contribution is -0.121. The Balaban J connectivity index is 1.44. The maximum absolute atomic E-state index is 12.2. The number of ether oxygens (including phenoxy) is 1. The topological polar surface area (TPSA) is 61.8 Å². The van der Waals surface area contributed by atoms with E-state index in [1.165, 1.54) is 0 Å². The Bertz CT molecular complexity index is 575. The predicted molar refractivity (Wildman–Crippen MR) is 92.9 cm³/mol. The van der Waals surface area contributed by atoms with E-state index in [0.717, 1.165) is 31.7 Å². The van der Waals surface area contributed by atoms with Crippen LogP contribution in [0.15, 0.2) is 24.3 Å². The third kappa shape index (κ3) is 4.28. The van der Waals surface area contributed by atoms with E-state index in [0.29, 0.717) is 30.9 Å². The number of amides is 1. The Morgan fingerprint density at radius 2 is 2.25 bits per heavy atom. The van der Waals surface area contributed by atoms with Gasteiger partial charge in [-0.2, -0.15) is 0 Å². The average molecular weight is 332 g/mol. The molecule has 5 nitrogen and oxygen atoms in total. The van der Waals surface area contributed by atoms with E-state index >= 15 is 0 Å². The summed E-state index contributed by atoms with van der Waals surface area (Å²) in [4.78, 5) is 14.7. The Labute approximate surface area is 144 Å². The fourth-order valence-electron chi connectivity index (χ4n) is 3.68. The number of aryl methyl sites for hydroxylation is 1. The van der Waals surface area contributed by atoms with Crippen LogP contribution in [0.2, 0.25) is 0 Å². The Hall–Kier alpha value is -1.59. The molecular formula is C19H28N2O3. The number of hydrogen-bond donors (Lipinski definition) is 2. The second-order valence-electron chi connectivity index (χ2n) is 7.39. The van der Waals surface area contributed by atoms with Crippen LogP contribution < -0.4 is 5.32 Å². The molecule has 0 aliphatic carbocycles. The Morgan fingerprint density at radius 1 is 1.42 bits per heavy atom. The van der Waals surface area contributed by atoms with Crippen molar-refractivity contribution in [1.29, 1.82) is 0 Å². The van der Waals surface area contributed by atoms with E-state index in [1.54, 1.807) is 12.1 Å². The lowest BCUT2D eigenvalue weighted by Gasteiger charge is -2.36. The molecule has 1 amide bonds. The largest absolute Gasteiger partial charge is 0.508 e. The van der Waals surface area contributed by atoms with Gasteiger partial charge in [-0.05, 0) is 36.5 Å². The molecule has 0 unspecified atom stereocenters. The molecule has 1 aromatic carbocycles. The second kappa shape index (κ2) is 7.53. The minimum atomic E-state index is 0.0875. The second-order valence-corrected chi connectivity index (χ2v) is 7.39. The molecule has 1 aromatic rings. The molecule has 2 N–H and O–H groups in total. The van der Waals surface area contributed by atoms with Crippen LogP contribution in [0, 0.1) is 5.92 Å². The van der Waals surface area contributed by atoms with Crippen LogP contribution >= 0.6 is 0 Å². The summed E-state index contributed by atoms with van der Waals surface area (Å²) in [5.41, 5.74) is 0.988. The van der Waals surface area contributed by atoms with Crippen LogP contribution in [-0.4, -0.2) is 53.8 Å². The molecule has 2 aliphatic rings. The fourth-order valence-corrected chi connectivity index (χ4v) is 3.68. The SMILES string of the molecule is CC(C)[C@H]1CN2C[C@H](NC(=O)CCc3cccc(O)c3)C[C@H]2CO1. The zero-order chi connectivity index (χ0) is 17.1. The Morgan fingerprint density at radius 3 is 3.00 bits per heavy atom. The normalized spacial score (nSPS) is 27.2. The molecular weight excluding hydrogens is 304 g/mol. The molecule has 0 spiro atoms. The first-order chi connectivity index (χ1) is 11.5. The van der Waals surface area contributed by atoms with Crippen molar-refractivity contribution in [3.63, 3.8) is 0 Å². The van der Waals surface area contributed by atoms with Crippen molar-refractivity contribution in [3.05, 3.63) is 29.8 Å². The van der Waals surface area contributed by atoms with Crippen molar-refractivity contribution in [2.45, 2.75) is 51.3 Å². The lowest BCUT2D eigenvalue weighted by Crippen LogP contribution is -2.48. The summed E-state index contributed by atoms with van der Waals surface area (Å²) < 4.78 is 5.95. The molecule has 2 saturated heterocycles. The molecule has 3 atom stereocenters. The van der Waals surface area contributed by atoms with Gasteiger partial charge in [0.2, 0.25) is 5.91 Å². The zero-order valence-electron chi connectivity index (χ0n) is 14.6. The fraction of sp³-hybridized carbons (Fsp3) is 0.632. The summed E-state index contributed by atoms with van der Waals surface area (Å²) in [7, 11) is 0. The van der Waals surface area contributed by atoms with Crippen LogP contribution in [0.3, 0.4) is 0 Å². The van der Waals surface area contributed by atoms with Gasteiger partial charge < -0.3 is 15.2 Å². The van der Waals surface area contributed by atoms with Crippen molar-refractivity contribution >= 4 is 5.91 Å². The van der Waals surface area contributed by atoms with Crippen molar-refractivity contribution in [2.75, 3.05) is 19.7 Å². The molecule has 132 valence electrons. The highest BCUT2D eigenvalue weighted by Gasteiger charge is 2.38. The molecule has 0 bridgehead atoms. The van der Waals surface area contributed by atoms with Gasteiger partial charge in [0, 0.05) is 31.6 Å². The predicted octanol–water partition coefficient (Wildman–Crippen LogP) is 1.94. The van der Waals surface area contributed by atoms with Gasteiger partial charge in [-0.15, -0.1) is 0 Å². The monoisotopic (exact) mass is 332 g/mol. The first kappa shape index (κ1) is 17.2. The first-order valence-corrected chi connectivity index (χ1v) is 8.94. The van der Waals surface area contributed by atoms with Gasteiger partial charge in [0.15, 0.2) is 0 Å². The number of morpholine rings is 1. The third-order valence-corrected chi connectivity index (χ3v) is 5.11. The van der Waals surface area contributed by atoms with E-state index in [9.17, 15) is 9.90 Å². The van der Waals surface area contributed by atoms with Gasteiger partial charge in [-0.25, -0.2) is 0 Å². The molecule has 2 heterocycles. The summed E-state index contributed by atoms with van der Waals surface area (Å²) in [6.45, 7) is 7.06. The smallest absolute Gasteiger partial charge is 0.220 e. The molecule has 0 radical (unpaired) electrons. The van der Waals surface area contributed by atoms with Crippen molar-refractivity contribution in [2.24, 2.45) is 5.92 Å². The summed E-state index contributed by atoms with van der Waals surface area (Å²) in [6.07, 6.45) is 2.39.